The summed E-state index contributed by atoms with van der Waals surface area (Å²) in [7, 11) is 2.08. The molecule has 0 saturated carbocycles. The van der Waals surface area contributed by atoms with E-state index in [1.54, 1.807) is 32.9 Å². The van der Waals surface area contributed by atoms with Crippen LogP contribution in [0.3, 0.4) is 0 Å². The van der Waals surface area contributed by atoms with E-state index in [0.717, 1.165) is 48.7 Å². The van der Waals surface area contributed by atoms with E-state index < -0.39 is 34.8 Å². The topological polar surface area (TPSA) is 119 Å². The Bertz CT molecular complexity index is 1600. The van der Waals surface area contributed by atoms with Gasteiger partial charge >= 0.3 is 6.09 Å². The molecular weight excluding hydrogens is 532 g/mol. The second-order valence-corrected chi connectivity index (χ2v) is 11.0. The number of carbonyl (C=O) groups is 2. The van der Waals surface area contributed by atoms with E-state index >= 15 is 0 Å². The lowest BCUT2D eigenvalue weighted by Crippen LogP contribution is -2.44. The molecule has 0 aliphatic carbocycles. The number of halogens is 2. The van der Waals surface area contributed by atoms with Crippen LogP contribution in [0.5, 0.6) is 0 Å². The minimum atomic E-state index is -0.903. The highest BCUT2D eigenvalue weighted by molar-refractivity contribution is 6.09. The summed E-state index contributed by atoms with van der Waals surface area (Å²) in [5, 5.41) is 7.24. The van der Waals surface area contributed by atoms with Gasteiger partial charge in [-0.3, -0.25) is 9.78 Å². The number of likely N-dealkylation sites (N-methyl/N-ethyl adjacent to an activating group) is 1. The molecule has 10 nitrogen and oxygen atoms in total. The largest absolute Gasteiger partial charge is 0.442 e. The van der Waals surface area contributed by atoms with E-state index in [4.69, 9.17) is 10.5 Å². The normalized spacial score (nSPS) is 14.3. The van der Waals surface area contributed by atoms with Gasteiger partial charge in [0.2, 0.25) is 0 Å². The summed E-state index contributed by atoms with van der Waals surface area (Å²) in [4.78, 5) is 34.9. The fraction of sp³-hybridized carbons (Fsp3) is 0.310. The van der Waals surface area contributed by atoms with E-state index in [2.05, 4.69) is 32.2 Å². The number of amides is 1. The molecule has 1 aliphatic rings. The number of nitrogens with zero attached hydrogens (tertiary/aromatic N) is 5. The van der Waals surface area contributed by atoms with Crippen LogP contribution in [-0.4, -0.2) is 70.5 Å². The van der Waals surface area contributed by atoms with Crippen LogP contribution in [0.1, 0.15) is 31.1 Å². The van der Waals surface area contributed by atoms with Crippen molar-refractivity contribution in [2.24, 2.45) is 0 Å². The van der Waals surface area contributed by atoms with E-state index in [-0.39, 0.29) is 28.1 Å². The molecule has 41 heavy (non-hydrogen) atoms. The number of aromatic nitrogens is 3. The zero-order valence-corrected chi connectivity index (χ0v) is 23.2. The summed E-state index contributed by atoms with van der Waals surface area (Å²) in [6.07, 6.45) is 0.441. The van der Waals surface area contributed by atoms with Gasteiger partial charge in [0.25, 0.3) is 5.91 Å². The van der Waals surface area contributed by atoms with Crippen molar-refractivity contribution >= 4 is 40.1 Å². The molecule has 0 unspecified atom stereocenters. The lowest BCUT2D eigenvalue weighted by atomic mass is 10.1. The molecule has 3 heterocycles. The third-order valence-corrected chi connectivity index (χ3v) is 6.68. The van der Waals surface area contributed by atoms with Crippen molar-refractivity contribution in [3.05, 3.63) is 65.9 Å². The molecule has 0 atom stereocenters. The molecule has 1 fully saturated rings. The van der Waals surface area contributed by atoms with E-state index in [0.29, 0.717) is 5.56 Å². The first-order chi connectivity index (χ1) is 19.4. The van der Waals surface area contributed by atoms with Gasteiger partial charge in [-0.15, -0.1) is 5.10 Å². The second-order valence-electron chi connectivity index (χ2n) is 11.0. The number of ether oxygens (including phenoxy) is 1. The number of hydrogen-bond donors (Lipinski definition) is 2. The number of piperazine rings is 1. The highest BCUT2D eigenvalue weighted by atomic mass is 19.1. The Kier molecular flexibility index (Phi) is 7.35. The van der Waals surface area contributed by atoms with Gasteiger partial charge in [0.05, 0.1) is 17.5 Å². The fourth-order valence-electron chi connectivity index (χ4n) is 4.59. The molecule has 1 saturated heterocycles. The summed E-state index contributed by atoms with van der Waals surface area (Å²) in [5.41, 5.74) is 5.75. The van der Waals surface area contributed by atoms with Gasteiger partial charge in [0.1, 0.15) is 22.8 Å². The first kappa shape index (κ1) is 28.0. The number of nitrogens with two attached hydrogens (primary N) is 1. The molecule has 2 aromatic carbocycles. The Morgan fingerprint density at radius 2 is 1.63 bits per heavy atom. The highest BCUT2D eigenvalue weighted by Crippen LogP contribution is 2.32. The maximum Gasteiger partial charge on any atom is 0.435 e. The van der Waals surface area contributed by atoms with Gasteiger partial charge in [-0.25, -0.2) is 13.6 Å². The number of rotatable bonds is 4. The molecule has 0 radical (unpaired) electrons. The number of nitrogen functional groups attached to an aromatic ring is 1. The Morgan fingerprint density at radius 3 is 2.24 bits per heavy atom. The van der Waals surface area contributed by atoms with Gasteiger partial charge in [0.15, 0.2) is 5.82 Å². The number of fused-ring (bicyclic) bond motifs is 1. The SMILES string of the molecule is CN1CCN(c2ccc(C(=O)Nc3nn(C(=O)OC(C)(C)C)c4cnc(-c5c(F)cc(N)cc5F)cc34)cc2)CC1. The van der Waals surface area contributed by atoms with Crippen molar-refractivity contribution < 1.29 is 23.1 Å². The lowest BCUT2D eigenvalue weighted by molar-refractivity contribution is 0.0522. The minimum absolute atomic E-state index is 0.00100. The molecule has 4 aromatic rings. The number of carbonyl (C=O) groups excluding carboxylic acids is 2. The third-order valence-electron chi connectivity index (χ3n) is 6.68. The van der Waals surface area contributed by atoms with Crippen molar-refractivity contribution in [3.8, 4) is 11.3 Å². The van der Waals surface area contributed by atoms with Crippen molar-refractivity contribution in [1.29, 1.82) is 0 Å². The van der Waals surface area contributed by atoms with E-state index in [9.17, 15) is 18.4 Å². The summed E-state index contributed by atoms with van der Waals surface area (Å²) in [5.74, 6) is -2.28. The lowest BCUT2D eigenvalue weighted by Gasteiger charge is -2.34. The van der Waals surface area contributed by atoms with Gasteiger partial charge in [-0.2, -0.15) is 4.68 Å². The van der Waals surface area contributed by atoms with E-state index in [1.807, 2.05) is 12.1 Å². The van der Waals surface area contributed by atoms with E-state index in [1.165, 1.54) is 12.3 Å². The molecule has 0 bridgehead atoms. The Balaban J connectivity index is 1.50. The number of nitrogens with one attached hydrogen (secondary N) is 1. The van der Waals surface area contributed by atoms with Gasteiger partial charge in [-0.1, -0.05) is 0 Å². The van der Waals surface area contributed by atoms with Crippen LogP contribution >= 0.6 is 0 Å². The van der Waals surface area contributed by atoms with Crippen molar-refractivity contribution in [3.63, 3.8) is 0 Å². The smallest absolute Gasteiger partial charge is 0.435 e. The molecule has 214 valence electrons. The molecule has 5 rings (SSSR count). The number of benzene rings is 2. The molecule has 0 spiro atoms. The van der Waals surface area contributed by atoms with Crippen molar-refractivity contribution in [2.45, 2.75) is 26.4 Å². The number of pyridine rings is 1. The highest BCUT2D eigenvalue weighted by Gasteiger charge is 2.25. The maximum absolute atomic E-state index is 14.7. The van der Waals surface area contributed by atoms with Crippen LogP contribution in [0.25, 0.3) is 22.2 Å². The van der Waals surface area contributed by atoms with Crippen LogP contribution in [0.4, 0.5) is 30.8 Å². The first-order valence-electron chi connectivity index (χ1n) is 13.1. The predicted octanol–water partition coefficient (Wildman–Crippen LogP) is 4.75. The molecular formula is C29H31F2N7O3. The Hall–Kier alpha value is -4.58. The zero-order chi connectivity index (χ0) is 29.5. The van der Waals surface area contributed by atoms with Gasteiger partial charge in [0, 0.05) is 48.5 Å². The molecule has 1 aliphatic heterocycles. The fourth-order valence-corrected chi connectivity index (χ4v) is 4.59. The summed E-state index contributed by atoms with van der Waals surface area (Å²) < 4.78 is 35.8. The maximum atomic E-state index is 14.7. The average Bonchev–Trinajstić information content (AvgIpc) is 3.25. The minimum Gasteiger partial charge on any atom is -0.442 e. The predicted molar refractivity (Wildman–Crippen MR) is 153 cm³/mol. The number of anilines is 3. The van der Waals surface area contributed by atoms with Crippen LogP contribution in [-0.2, 0) is 4.74 Å². The standard InChI is InChI=1S/C29H31F2N7O3/c1-29(2,3)41-28(40)38-24-16-33-23(25-21(30)13-18(32)14-22(25)31)15-20(24)26(35-38)34-27(39)17-5-7-19(8-6-17)37-11-9-36(4)10-12-37/h5-8,13-16H,9-12,32H2,1-4H3,(H,34,35,39). The molecule has 2 aromatic heterocycles. The summed E-state index contributed by atoms with van der Waals surface area (Å²) in [6, 6.07) is 10.5. The van der Waals surface area contributed by atoms with Crippen LogP contribution in [0.2, 0.25) is 0 Å². The van der Waals surface area contributed by atoms with Crippen LogP contribution in [0.15, 0.2) is 48.7 Å². The average molecular weight is 564 g/mol. The second kappa shape index (κ2) is 10.8. The van der Waals surface area contributed by atoms with Gasteiger partial charge in [-0.05, 0) is 70.3 Å². The monoisotopic (exact) mass is 563 g/mol. The van der Waals surface area contributed by atoms with Crippen molar-refractivity contribution in [2.75, 3.05) is 49.2 Å². The third kappa shape index (κ3) is 5.97. The van der Waals surface area contributed by atoms with Crippen LogP contribution in [0, 0.1) is 11.6 Å². The zero-order valence-electron chi connectivity index (χ0n) is 23.2. The number of hydrogen-bond acceptors (Lipinski definition) is 8. The molecule has 1 amide bonds. The van der Waals surface area contributed by atoms with Crippen LogP contribution < -0.4 is 16.0 Å². The summed E-state index contributed by atoms with van der Waals surface area (Å²) in [6.45, 7) is 8.80. The quantitative estimate of drug-likeness (QED) is 0.342. The summed E-state index contributed by atoms with van der Waals surface area (Å²) >= 11 is 0. The molecule has 3 N–H and O–H groups in total. The Morgan fingerprint density at radius 1 is 1.00 bits per heavy atom. The van der Waals surface area contributed by atoms with Gasteiger partial charge < -0.3 is 25.6 Å². The molecule has 12 heteroatoms. The van der Waals surface area contributed by atoms with Crippen molar-refractivity contribution in [1.82, 2.24) is 19.7 Å². The first-order valence-corrected chi connectivity index (χ1v) is 13.1. The Labute approximate surface area is 235 Å².